The Hall–Kier alpha value is -0.830. The highest BCUT2D eigenvalue weighted by Crippen LogP contribution is 2.26. The highest BCUT2D eigenvalue weighted by molar-refractivity contribution is 5.87. The van der Waals surface area contributed by atoms with E-state index in [0.29, 0.717) is 25.2 Å². The highest BCUT2D eigenvalue weighted by Gasteiger charge is 2.40. The minimum Gasteiger partial charge on any atom is -0.451 e. The van der Waals surface area contributed by atoms with Gasteiger partial charge in [0.05, 0.1) is 13.2 Å². The number of esters is 1. The first-order valence-electron chi connectivity index (χ1n) is 4.62. The number of carbonyl (C=O) groups is 1. The van der Waals surface area contributed by atoms with Gasteiger partial charge in [0.15, 0.2) is 5.60 Å². The van der Waals surface area contributed by atoms with Gasteiger partial charge in [-0.15, -0.1) is 0 Å². The average molecular weight is 184 g/mol. The second-order valence-electron chi connectivity index (χ2n) is 3.38. The van der Waals surface area contributed by atoms with Crippen LogP contribution in [0.5, 0.6) is 0 Å². The predicted octanol–water partition coefficient (Wildman–Crippen LogP) is 1.67. The van der Waals surface area contributed by atoms with Crippen LogP contribution >= 0.6 is 0 Å². The van der Waals surface area contributed by atoms with Crippen LogP contribution in [0.25, 0.3) is 0 Å². The van der Waals surface area contributed by atoms with Crippen LogP contribution < -0.4 is 0 Å². The van der Waals surface area contributed by atoms with E-state index in [-0.39, 0.29) is 11.6 Å². The van der Waals surface area contributed by atoms with Gasteiger partial charge in [-0.2, -0.15) is 0 Å². The summed E-state index contributed by atoms with van der Waals surface area (Å²) in [6, 6.07) is 0. The zero-order valence-corrected chi connectivity index (χ0v) is 8.26. The molecule has 1 fully saturated rings. The van der Waals surface area contributed by atoms with E-state index in [1.165, 1.54) is 0 Å². The van der Waals surface area contributed by atoms with Crippen molar-refractivity contribution in [1.82, 2.24) is 0 Å². The van der Waals surface area contributed by atoms with Crippen molar-refractivity contribution in [3.8, 4) is 0 Å². The molecule has 0 aromatic rings. The summed E-state index contributed by atoms with van der Waals surface area (Å²) in [5.41, 5.74) is 0.162. The van der Waals surface area contributed by atoms with E-state index in [9.17, 15) is 4.79 Å². The number of hydrogen-bond acceptors (Lipinski definition) is 3. The van der Waals surface area contributed by atoms with Gasteiger partial charge in [0.1, 0.15) is 0 Å². The summed E-state index contributed by atoms with van der Waals surface area (Å²) in [5.74, 6) is -0.285. The molecular weight excluding hydrogens is 168 g/mol. The Labute approximate surface area is 78.7 Å². The standard InChI is InChI=1S/C10H16O3/c1-4-8(3)9(11)13-10(5-2)6-12-7-10/h3-7H2,1-2H3. The van der Waals surface area contributed by atoms with Gasteiger partial charge in [-0.25, -0.2) is 4.79 Å². The quantitative estimate of drug-likeness (QED) is 0.492. The molecule has 0 aromatic carbocycles. The van der Waals surface area contributed by atoms with Crippen molar-refractivity contribution >= 4 is 5.97 Å². The smallest absolute Gasteiger partial charge is 0.334 e. The molecule has 3 nitrogen and oxygen atoms in total. The van der Waals surface area contributed by atoms with Crippen molar-refractivity contribution < 1.29 is 14.3 Å². The molecule has 13 heavy (non-hydrogen) atoms. The van der Waals surface area contributed by atoms with E-state index in [2.05, 4.69) is 6.58 Å². The normalized spacial score (nSPS) is 18.9. The molecular formula is C10H16O3. The van der Waals surface area contributed by atoms with Crippen LogP contribution in [0.1, 0.15) is 26.7 Å². The first kappa shape index (κ1) is 10.3. The lowest BCUT2D eigenvalue weighted by Gasteiger charge is -2.39. The van der Waals surface area contributed by atoms with Crippen LogP contribution in [0.4, 0.5) is 0 Å². The van der Waals surface area contributed by atoms with Crippen LogP contribution in [0.2, 0.25) is 0 Å². The van der Waals surface area contributed by atoms with Gasteiger partial charge in [-0.05, 0) is 12.8 Å². The Balaban J connectivity index is 2.47. The van der Waals surface area contributed by atoms with Crippen molar-refractivity contribution in [3.05, 3.63) is 12.2 Å². The van der Waals surface area contributed by atoms with Gasteiger partial charge in [0, 0.05) is 5.57 Å². The summed E-state index contributed by atoms with van der Waals surface area (Å²) in [6.07, 6.45) is 1.44. The van der Waals surface area contributed by atoms with E-state index in [1.807, 2.05) is 13.8 Å². The van der Waals surface area contributed by atoms with Gasteiger partial charge in [0.25, 0.3) is 0 Å². The molecule has 74 valence electrons. The first-order chi connectivity index (χ1) is 6.13. The monoisotopic (exact) mass is 184 g/mol. The molecule has 1 saturated heterocycles. The fourth-order valence-electron chi connectivity index (χ4n) is 1.08. The van der Waals surface area contributed by atoms with Crippen LogP contribution in [0.15, 0.2) is 12.2 Å². The summed E-state index contributed by atoms with van der Waals surface area (Å²) >= 11 is 0. The van der Waals surface area contributed by atoms with Crippen LogP contribution in [-0.4, -0.2) is 24.8 Å². The van der Waals surface area contributed by atoms with Gasteiger partial charge < -0.3 is 9.47 Å². The molecule has 0 radical (unpaired) electrons. The molecule has 0 aromatic heterocycles. The summed E-state index contributed by atoms with van der Waals surface area (Å²) in [7, 11) is 0. The lowest BCUT2D eigenvalue weighted by Crippen LogP contribution is -2.52. The molecule has 0 amide bonds. The second-order valence-corrected chi connectivity index (χ2v) is 3.38. The van der Waals surface area contributed by atoms with Gasteiger partial charge in [0.2, 0.25) is 0 Å². The zero-order valence-electron chi connectivity index (χ0n) is 8.26. The maximum Gasteiger partial charge on any atom is 0.334 e. The molecule has 0 saturated carbocycles. The first-order valence-corrected chi connectivity index (χ1v) is 4.62. The lowest BCUT2D eigenvalue weighted by molar-refractivity contribution is -0.210. The summed E-state index contributed by atoms with van der Waals surface area (Å²) in [5, 5.41) is 0. The summed E-state index contributed by atoms with van der Waals surface area (Å²) < 4.78 is 10.3. The van der Waals surface area contributed by atoms with Crippen molar-refractivity contribution in [2.45, 2.75) is 32.3 Å². The van der Waals surface area contributed by atoms with Crippen molar-refractivity contribution in [3.63, 3.8) is 0 Å². The van der Waals surface area contributed by atoms with Crippen LogP contribution in [0, 0.1) is 0 Å². The maximum absolute atomic E-state index is 11.4. The predicted molar refractivity (Wildman–Crippen MR) is 49.4 cm³/mol. The van der Waals surface area contributed by atoms with Gasteiger partial charge in [-0.3, -0.25) is 0 Å². The fourth-order valence-corrected chi connectivity index (χ4v) is 1.08. The largest absolute Gasteiger partial charge is 0.451 e. The van der Waals surface area contributed by atoms with Gasteiger partial charge >= 0.3 is 5.97 Å². The maximum atomic E-state index is 11.4. The van der Waals surface area contributed by atoms with Gasteiger partial charge in [-0.1, -0.05) is 20.4 Å². The minimum atomic E-state index is -0.366. The van der Waals surface area contributed by atoms with E-state index in [0.717, 1.165) is 6.42 Å². The number of carbonyl (C=O) groups excluding carboxylic acids is 1. The molecule has 0 unspecified atom stereocenters. The van der Waals surface area contributed by atoms with Crippen molar-refractivity contribution in [2.24, 2.45) is 0 Å². The SMILES string of the molecule is C=C(CC)C(=O)OC1(CC)COC1. The molecule has 3 heteroatoms. The van der Waals surface area contributed by atoms with E-state index in [1.54, 1.807) is 0 Å². The van der Waals surface area contributed by atoms with Crippen molar-refractivity contribution in [1.29, 1.82) is 0 Å². The molecule has 1 aliphatic rings. The molecule has 0 bridgehead atoms. The van der Waals surface area contributed by atoms with E-state index < -0.39 is 0 Å². The van der Waals surface area contributed by atoms with Crippen LogP contribution in [0.3, 0.4) is 0 Å². The molecule has 0 spiro atoms. The fraction of sp³-hybridized carbons (Fsp3) is 0.700. The summed E-state index contributed by atoms with van der Waals surface area (Å²) in [4.78, 5) is 11.4. The minimum absolute atomic E-state index is 0.285. The summed E-state index contributed by atoms with van der Waals surface area (Å²) in [6.45, 7) is 8.55. The molecule has 1 heterocycles. The Morgan fingerprint density at radius 1 is 1.54 bits per heavy atom. The molecule has 1 aliphatic heterocycles. The second kappa shape index (κ2) is 3.92. The number of hydrogen-bond donors (Lipinski definition) is 0. The van der Waals surface area contributed by atoms with E-state index in [4.69, 9.17) is 9.47 Å². The molecule has 0 atom stereocenters. The number of ether oxygens (including phenoxy) is 2. The Kier molecular flexibility index (Phi) is 3.09. The zero-order chi connectivity index (χ0) is 9.90. The van der Waals surface area contributed by atoms with Crippen molar-refractivity contribution in [2.75, 3.05) is 13.2 Å². The highest BCUT2D eigenvalue weighted by atomic mass is 16.6. The lowest BCUT2D eigenvalue weighted by atomic mass is 9.98. The van der Waals surface area contributed by atoms with E-state index >= 15 is 0 Å². The Morgan fingerprint density at radius 3 is 2.46 bits per heavy atom. The Bertz CT molecular complexity index is 211. The third kappa shape index (κ3) is 2.10. The Morgan fingerprint density at radius 2 is 2.15 bits per heavy atom. The number of rotatable bonds is 4. The molecule has 1 rings (SSSR count). The average Bonchev–Trinajstić information content (AvgIpc) is 2.09. The molecule has 0 N–H and O–H groups in total. The third-order valence-electron chi connectivity index (χ3n) is 2.40. The topological polar surface area (TPSA) is 35.5 Å². The molecule has 0 aliphatic carbocycles. The third-order valence-corrected chi connectivity index (χ3v) is 2.40. The van der Waals surface area contributed by atoms with Crippen LogP contribution in [-0.2, 0) is 14.3 Å².